The first-order chi connectivity index (χ1) is 15.7. The first-order valence-corrected chi connectivity index (χ1v) is 9.33. The second kappa shape index (κ2) is 8.57. The van der Waals surface area contributed by atoms with Crippen molar-refractivity contribution in [2.24, 2.45) is 0 Å². The third kappa shape index (κ3) is 5.23. The molecule has 4 rings (SSSR count). The van der Waals surface area contributed by atoms with Crippen LogP contribution in [0.25, 0.3) is 22.8 Å². The van der Waals surface area contributed by atoms with Gasteiger partial charge in [-0.2, -0.15) is 4.98 Å². The van der Waals surface area contributed by atoms with E-state index in [0.717, 1.165) is 12.1 Å². The minimum absolute atomic E-state index is 0.0576. The molecule has 4 aromatic rings. The van der Waals surface area contributed by atoms with Gasteiger partial charge >= 0.3 is 6.36 Å². The van der Waals surface area contributed by atoms with Gasteiger partial charge in [0, 0.05) is 35.9 Å². The van der Waals surface area contributed by atoms with Crippen molar-refractivity contribution in [1.29, 1.82) is 0 Å². The lowest BCUT2D eigenvalue weighted by Gasteiger charge is -2.08. The van der Waals surface area contributed by atoms with Crippen LogP contribution in [0.4, 0.5) is 18.9 Å². The van der Waals surface area contributed by atoms with Gasteiger partial charge in [-0.1, -0.05) is 17.3 Å². The van der Waals surface area contributed by atoms with Crippen LogP contribution in [-0.4, -0.2) is 26.4 Å². The van der Waals surface area contributed by atoms with Crippen molar-refractivity contribution in [2.45, 2.75) is 12.8 Å². The molecule has 0 saturated carbocycles. The summed E-state index contributed by atoms with van der Waals surface area (Å²) in [4.78, 5) is 29.3. The summed E-state index contributed by atoms with van der Waals surface area (Å²) in [5, 5.41) is 14.6. The first-order valence-electron chi connectivity index (χ1n) is 9.33. The largest absolute Gasteiger partial charge is 0.573 e. The van der Waals surface area contributed by atoms with E-state index >= 15 is 0 Å². The molecule has 0 atom stereocenters. The molecule has 0 aliphatic rings. The molecule has 1 N–H and O–H groups in total. The third-order valence-corrected chi connectivity index (χ3v) is 4.54. The maximum atomic E-state index is 12.3. The predicted molar refractivity (Wildman–Crippen MR) is 108 cm³/mol. The van der Waals surface area contributed by atoms with Crippen molar-refractivity contribution >= 4 is 5.69 Å². The molecule has 2 aromatic carbocycles. The van der Waals surface area contributed by atoms with Gasteiger partial charge < -0.3 is 14.2 Å². The van der Waals surface area contributed by atoms with Gasteiger partial charge in [0.1, 0.15) is 5.75 Å². The van der Waals surface area contributed by atoms with E-state index in [0.29, 0.717) is 22.3 Å². The third-order valence-electron chi connectivity index (χ3n) is 4.54. The van der Waals surface area contributed by atoms with Gasteiger partial charge in [0.15, 0.2) is 0 Å². The Kier molecular flexibility index (Phi) is 5.65. The number of nitro benzene ring substituents is 1. The number of hydrogen-bond acceptors (Lipinski definition) is 7. The Bertz CT molecular complexity index is 1350. The van der Waals surface area contributed by atoms with E-state index in [1.165, 1.54) is 30.5 Å². The number of alkyl halides is 3. The fourth-order valence-electron chi connectivity index (χ4n) is 3.00. The van der Waals surface area contributed by atoms with Crippen LogP contribution in [0, 0.1) is 10.1 Å². The zero-order valence-corrected chi connectivity index (χ0v) is 16.5. The predicted octanol–water partition coefficient (Wildman–Crippen LogP) is 4.49. The number of aromatic nitrogens is 3. The topological polar surface area (TPSA) is 124 Å². The molecular formula is C21H13F3N4O5. The summed E-state index contributed by atoms with van der Waals surface area (Å²) in [5.41, 5.74) is 1.47. The summed E-state index contributed by atoms with van der Waals surface area (Å²) in [7, 11) is 0. The van der Waals surface area contributed by atoms with Gasteiger partial charge in [-0.25, -0.2) is 0 Å². The number of nitro groups is 1. The van der Waals surface area contributed by atoms with Gasteiger partial charge in [0.2, 0.25) is 5.82 Å². The number of nitrogens with zero attached hydrogens (tertiary/aromatic N) is 3. The number of rotatable bonds is 6. The molecule has 168 valence electrons. The number of H-pyrrole nitrogens is 1. The number of aromatic amines is 1. The number of ether oxygens (including phenoxy) is 1. The molecule has 0 aliphatic carbocycles. The summed E-state index contributed by atoms with van der Waals surface area (Å²) in [5.74, 6) is -0.167. The van der Waals surface area contributed by atoms with E-state index in [1.54, 1.807) is 18.2 Å². The van der Waals surface area contributed by atoms with E-state index in [9.17, 15) is 28.1 Å². The number of hydrogen-bond donors (Lipinski definition) is 1. The standard InChI is InChI=1S/C21H13F3N4O5/c22-21(23,24)32-17-7-3-13(4-8-17)18-26-20(33-27-18)15-10-14(19(29)25-11-15)9-12-1-5-16(6-2-12)28(30)31/h1-8,10-11H,9H2,(H,25,29). The summed E-state index contributed by atoms with van der Waals surface area (Å²) in [6.45, 7) is 0. The fraction of sp³-hybridized carbons (Fsp3) is 0.0952. The van der Waals surface area contributed by atoms with Crippen molar-refractivity contribution in [3.63, 3.8) is 0 Å². The molecule has 0 amide bonds. The van der Waals surface area contributed by atoms with Crippen LogP contribution < -0.4 is 10.3 Å². The van der Waals surface area contributed by atoms with Crippen LogP contribution in [0.2, 0.25) is 0 Å². The van der Waals surface area contributed by atoms with Crippen molar-refractivity contribution < 1.29 is 27.4 Å². The number of non-ortho nitro benzene ring substituents is 1. The van der Waals surface area contributed by atoms with Gasteiger partial charge in [-0.3, -0.25) is 14.9 Å². The number of nitrogens with one attached hydrogen (secondary N) is 1. The van der Waals surface area contributed by atoms with Crippen LogP contribution >= 0.6 is 0 Å². The summed E-state index contributed by atoms with van der Waals surface area (Å²) >= 11 is 0. The second-order valence-corrected chi connectivity index (χ2v) is 6.84. The van der Waals surface area contributed by atoms with Crippen molar-refractivity contribution in [3.8, 4) is 28.6 Å². The molecule has 12 heteroatoms. The smallest absolute Gasteiger partial charge is 0.406 e. The Balaban J connectivity index is 1.54. The van der Waals surface area contributed by atoms with Gasteiger partial charge in [-0.15, -0.1) is 13.2 Å². The van der Waals surface area contributed by atoms with Crippen LogP contribution in [0.1, 0.15) is 11.1 Å². The van der Waals surface area contributed by atoms with Crippen LogP contribution in [0.5, 0.6) is 5.75 Å². The van der Waals surface area contributed by atoms with E-state index in [-0.39, 0.29) is 35.1 Å². The molecule has 0 saturated heterocycles. The van der Waals surface area contributed by atoms with E-state index in [2.05, 4.69) is 19.9 Å². The molecule has 0 aliphatic heterocycles. The van der Waals surface area contributed by atoms with Crippen molar-refractivity contribution in [3.05, 3.63) is 92.4 Å². The molecule has 2 heterocycles. The normalized spacial score (nSPS) is 11.4. The molecule has 2 aromatic heterocycles. The lowest BCUT2D eigenvalue weighted by atomic mass is 10.0. The zero-order valence-electron chi connectivity index (χ0n) is 16.5. The zero-order chi connectivity index (χ0) is 23.6. The lowest BCUT2D eigenvalue weighted by molar-refractivity contribution is -0.384. The molecule has 0 radical (unpaired) electrons. The van der Waals surface area contributed by atoms with Crippen LogP contribution in [-0.2, 0) is 6.42 Å². The average molecular weight is 458 g/mol. The van der Waals surface area contributed by atoms with Crippen molar-refractivity contribution in [2.75, 3.05) is 0 Å². The molecule has 0 spiro atoms. The van der Waals surface area contributed by atoms with Crippen LogP contribution in [0.3, 0.4) is 0 Å². The summed E-state index contributed by atoms with van der Waals surface area (Å²) in [6.07, 6.45) is -3.20. The average Bonchev–Trinajstić information content (AvgIpc) is 3.25. The Morgan fingerprint density at radius 3 is 2.39 bits per heavy atom. The fourth-order valence-corrected chi connectivity index (χ4v) is 3.00. The highest BCUT2D eigenvalue weighted by Gasteiger charge is 2.31. The first kappa shape index (κ1) is 21.7. The summed E-state index contributed by atoms with van der Waals surface area (Å²) < 4.78 is 45.9. The maximum absolute atomic E-state index is 12.3. The lowest BCUT2D eigenvalue weighted by Crippen LogP contribution is -2.16. The Labute approximate surface area is 182 Å². The monoisotopic (exact) mass is 458 g/mol. The number of pyridine rings is 1. The Morgan fingerprint density at radius 2 is 1.76 bits per heavy atom. The maximum Gasteiger partial charge on any atom is 0.573 e. The van der Waals surface area contributed by atoms with Gasteiger partial charge in [0.05, 0.1) is 10.5 Å². The van der Waals surface area contributed by atoms with Crippen molar-refractivity contribution in [1.82, 2.24) is 15.1 Å². The number of halogens is 3. The van der Waals surface area contributed by atoms with Crippen LogP contribution in [0.15, 0.2) is 70.1 Å². The highest BCUT2D eigenvalue weighted by molar-refractivity contribution is 5.60. The molecule has 0 bridgehead atoms. The second-order valence-electron chi connectivity index (χ2n) is 6.84. The summed E-state index contributed by atoms with van der Waals surface area (Å²) in [6, 6.07) is 12.3. The van der Waals surface area contributed by atoms with Gasteiger partial charge in [-0.05, 0) is 35.9 Å². The highest BCUT2D eigenvalue weighted by atomic mass is 19.4. The Morgan fingerprint density at radius 1 is 1.06 bits per heavy atom. The molecular weight excluding hydrogens is 445 g/mol. The van der Waals surface area contributed by atoms with E-state index in [1.807, 2.05) is 0 Å². The molecule has 33 heavy (non-hydrogen) atoms. The molecule has 0 unspecified atom stereocenters. The SMILES string of the molecule is O=c1[nH]cc(-c2nc(-c3ccc(OC(F)(F)F)cc3)no2)cc1Cc1ccc([N+](=O)[O-])cc1. The Hall–Kier alpha value is -4.48. The highest BCUT2D eigenvalue weighted by Crippen LogP contribution is 2.27. The van der Waals surface area contributed by atoms with E-state index < -0.39 is 11.3 Å². The minimum Gasteiger partial charge on any atom is -0.406 e. The quantitative estimate of drug-likeness (QED) is 0.333. The molecule has 9 nitrogen and oxygen atoms in total. The molecule has 0 fully saturated rings. The number of benzene rings is 2. The minimum atomic E-state index is -4.79. The van der Waals surface area contributed by atoms with E-state index in [4.69, 9.17) is 4.52 Å². The van der Waals surface area contributed by atoms with Gasteiger partial charge in [0.25, 0.3) is 17.1 Å².